The molecular weight excluding hydrogens is 360 g/mol. The predicted molar refractivity (Wildman–Crippen MR) is 107 cm³/mol. The van der Waals surface area contributed by atoms with Gasteiger partial charge in [-0.25, -0.2) is 9.97 Å². The SMILES string of the molecule is Cc1cc(-c2cc(Cl)ncn2)ccc1CCC(=O)c1cnn(C(C)(C)C)c1. The van der Waals surface area contributed by atoms with Crippen LogP contribution >= 0.6 is 11.6 Å². The van der Waals surface area contributed by atoms with Crippen molar-refractivity contribution >= 4 is 17.4 Å². The second kappa shape index (κ2) is 7.61. The number of aromatic nitrogens is 4. The second-order valence-corrected chi connectivity index (χ2v) is 8.02. The van der Waals surface area contributed by atoms with Crippen LogP contribution in [-0.2, 0) is 12.0 Å². The highest BCUT2D eigenvalue weighted by Gasteiger charge is 2.17. The molecule has 140 valence electrons. The van der Waals surface area contributed by atoms with Crippen LogP contribution < -0.4 is 0 Å². The number of ketones is 1. The van der Waals surface area contributed by atoms with Gasteiger partial charge in [-0.2, -0.15) is 5.10 Å². The largest absolute Gasteiger partial charge is 0.294 e. The van der Waals surface area contributed by atoms with Crippen LogP contribution in [0.25, 0.3) is 11.3 Å². The lowest BCUT2D eigenvalue weighted by Gasteiger charge is -2.18. The molecule has 1 aromatic carbocycles. The molecule has 3 rings (SSSR count). The Morgan fingerprint density at radius 2 is 1.96 bits per heavy atom. The maximum atomic E-state index is 12.5. The molecule has 2 heterocycles. The first-order chi connectivity index (χ1) is 12.7. The first kappa shape index (κ1) is 19.2. The number of benzene rings is 1. The van der Waals surface area contributed by atoms with Crippen molar-refractivity contribution in [1.82, 2.24) is 19.7 Å². The number of nitrogens with zero attached hydrogens (tertiary/aromatic N) is 4. The highest BCUT2D eigenvalue weighted by atomic mass is 35.5. The monoisotopic (exact) mass is 382 g/mol. The number of halogens is 1. The van der Waals surface area contributed by atoms with Crippen molar-refractivity contribution in [3.05, 3.63) is 64.8 Å². The molecule has 27 heavy (non-hydrogen) atoms. The molecule has 0 radical (unpaired) electrons. The molecule has 0 bridgehead atoms. The van der Waals surface area contributed by atoms with Crippen LogP contribution in [0.3, 0.4) is 0 Å². The van der Waals surface area contributed by atoms with E-state index in [1.54, 1.807) is 12.3 Å². The van der Waals surface area contributed by atoms with Crippen LogP contribution in [0.15, 0.2) is 43.0 Å². The zero-order chi connectivity index (χ0) is 19.6. The molecule has 0 amide bonds. The third kappa shape index (κ3) is 4.61. The zero-order valence-corrected chi connectivity index (χ0v) is 16.8. The van der Waals surface area contributed by atoms with Crippen molar-refractivity contribution in [2.75, 3.05) is 0 Å². The fraction of sp³-hybridized carbons (Fsp3) is 0.333. The summed E-state index contributed by atoms with van der Waals surface area (Å²) in [6.45, 7) is 8.22. The Labute approximate surface area is 164 Å². The highest BCUT2D eigenvalue weighted by Crippen LogP contribution is 2.23. The van der Waals surface area contributed by atoms with E-state index >= 15 is 0 Å². The van der Waals surface area contributed by atoms with Gasteiger partial charge in [0.2, 0.25) is 0 Å². The molecule has 5 nitrogen and oxygen atoms in total. The van der Waals surface area contributed by atoms with Crippen molar-refractivity contribution in [2.45, 2.75) is 46.1 Å². The van der Waals surface area contributed by atoms with Gasteiger partial charge in [0.15, 0.2) is 5.78 Å². The van der Waals surface area contributed by atoms with Gasteiger partial charge in [-0.15, -0.1) is 0 Å². The molecule has 0 saturated heterocycles. The molecule has 0 aliphatic heterocycles. The van der Waals surface area contributed by atoms with Crippen molar-refractivity contribution in [2.24, 2.45) is 0 Å². The minimum absolute atomic E-state index is 0.108. The predicted octanol–water partition coefficient (Wildman–Crippen LogP) is 4.87. The summed E-state index contributed by atoms with van der Waals surface area (Å²) >= 11 is 5.94. The van der Waals surface area contributed by atoms with Crippen LogP contribution in [0.1, 0.15) is 48.7 Å². The van der Waals surface area contributed by atoms with Crippen LogP contribution in [0, 0.1) is 6.92 Å². The number of hydrogen-bond acceptors (Lipinski definition) is 4. The Morgan fingerprint density at radius 3 is 2.59 bits per heavy atom. The van der Waals surface area contributed by atoms with Crippen LogP contribution in [0.4, 0.5) is 0 Å². The Hall–Kier alpha value is -2.53. The highest BCUT2D eigenvalue weighted by molar-refractivity contribution is 6.29. The van der Waals surface area contributed by atoms with Gasteiger partial charge in [-0.05, 0) is 51.3 Å². The Kier molecular flexibility index (Phi) is 5.42. The lowest BCUT2D eigenvalue weighted by Crippen LogP contribution is -2.22. The summed E-state index contributed by atoms with van der Waals surface area (Å²) in [7, 11) is 0. The van der Waals surface area contributed by atoms with Crippen LogP contribution in [0.5, 0.6) is 0 Å². The summed E-state index contributed by atoms with van der Waals surface area (Å²) in [6.07, 6.45) is 6.09. The minimum atomic E-state index is -0.130. The molecule has 0 unspecified atom stereocenters. The molecule has 0 N–H and O–H groups in total. The number of aryl methyl sites for hydroxylation is 2. The maximum absolute atomic E-state index is 12.5. The molecule has 3 aromatic rings. The van der Waals surface area contributed by atoms with Crippen LogP contribution in [-0.4, -0.2) is 25.5 Å². The lowest BCUT2D eigenvalue weighted by molar-refractivity contribution is 0.0982. The first-order valence-corrected chi connectivity index (χ1v) is 9.27. The third-order valence-electron chi connectivity index (χ3n) is 4.49. The van der Waals surface area contributed by atoms with E-state index in [0.29, 0.717) is 23.6 Å². The lowest BCUT2D eigenvalue weighted by atomic mass is 9.98. The maximum Gasteiger partial charge on any atom is 0.166 e. The quantitative estimate of drug-likeness (QED) is 0.466. The van der Waals surface area contributed by atoms with Crippen molar-refractivity contribution in [1.29, 1.82) is 0 Å². The Bertz CT molecular complexity index is 972. The van der Waals surface area contributed by atoms with Gasteiger partial charge in [0, 0.05) is 24.2 Å². The minimum Gasteiger partial charge on any atom is -0.294 e. The van der Waals surface area contributed by atoms with E-state index in [1.165, 1.54) is 6.33 Å². The third-order valence-corrected chi connectivity index (χ3v) is 4.69. The van der Waals surface area contributed by atoms with Gasteiger partial charge < -0.3 is 0 Å². The van der Waals surface area contributed by atoms with Crippen molar-refractivity contribution in [3.8, 4) is 11.3 Å². The van der Waals surface area contributed by atoms with Gasteiger partial charge in [-0.3, -0.25) is 9.48 Å². The Balaban J connectivity index is 1.69. The zero-order valence-electron chi connectivity index (χ0n) is 16.0. The normalized spacial score (nSPS) is 11.6. The molecule has 2 aromatic heterocycles. The molecule has 0 fully saturated rings. The smallest absolute Gasteiger partial charge is 0.166 e. The number of rotatable bonds is 5. The van der Waals surface area contributed by atoms with Gasteiger partial charge in [0.1, 0.15) is 11.5 Å². The van der Waals surface area contributed by atoms with Gasteiger partial charge >= 0.3 is 0 Å². The summed E-state index contributed by atoms with van der Waals surface area (Å²) < 4.78 is 1.83. The summed E-state index contributed by atoms with van der Waals surface area (Å²) in [5.41, 5.74) is 4.58. The fourth-order valence-corrected chi connectivity index (χ4v) is 3.00. The molecule has 0 aliphatic rings. The standard InChI is InChI=1S/C21H23ClN4O/c1-14-9-16(18-10-20(22)24-13-23-18)6-5-15(14)7-8-19(27)17-11-25-26(12-17)21(2,3)4/h5-6,9-13H,7-8H2,1-4H3. The number of hydrogen-bond donors (Lipinski definition) is 0. The van der Waals surface area contributed by atoms with Crippen molar-refractivity contribution in [3.63, 3.8) is 0 Å². The summed E-state index contributed by atoms with van der Waals surface area (Å²) in [4.78, 5) is 20.7. The molecule has 0 atom stereocenters. The average molecular weight is 383 g/mol. The second-order valence-electron chi connectivity index (χ2n) is 7.63. The van der Waals surface area contributed by atoms with E-state index in [9.17, 15) is 4.79 Å². The van der Waals surface area contributed by atoms with E-state index in [0.717, 1.165) is 22.4 Å². The molecular formula is C21H23ClN4O. The van der Waals surface area contributed by atoms with Crippen molar-refractivity contribution < 1.29 is 4.79 Å². The van der Waals surface area contributed by atoms with Crippen LogP contribution in [0.2, 0.25) is 5.15 Å². The van der Waals surface area contributed by atoms with E-state index in [1.807, 2.05) is 29.9 Å². The van der Waals surface area contributed by atoms with Gasteiger partial charge in [0.05, 0.1) is 23.0 Å². The molecule has 0 spiro atoms. The van der Waals surface area contributed by atoms with Gasteiger partial charge in [-0.1, -0.05) is 23.7 Å². The first-order valence-electron chi connectivity index (χ1n) is 8.90. The van der Waals surface area contributed by atoms with E-state index in [-0.39, 0.29) is 11.3 Å². The van der Waals surface area contributed by atoms with E-state index < -0.39 is 0 Å². The summed E-state index contributed by atoms with van der Waals surface area (Å²) in [6, 6.07) is 7.86. The van der Waals surface area contributed by atoms with E-state index in [4.69, 9.17) is 11.6 Å². The molecule has 0 aliphatic carbocycles. The average Bonchev–Trinajstić information content (AvgIpc) is 3.11. The summed E-state index contributed by atoms with van der Waals surface area (Å²) in [5.74, 6) is 0.108. The topological polar surface area (TPSA) is 60.7 Å². The fourth-order valence-electron chi connectivity index (χ4n) is 2.85. The summed E-state index contributed by atoms with van der Waals surface area (Å²) in [5, 5.41) is 4.73. The number of carbonyl (C=O) groups is 1. The molecule has 0 saturated carbocycles. The van der Waals surface area contributed by atoms with E-state index in [2.05, 4.69) is 41.9 Å². The molecule has 6 heteroatoms. The Morgan fingerprint density at radius 1 is 1.19 bits per heavy atom. The number of Topliss-reactive ketones (excluding diaryl/α,β-unsaturated/α-hetero) is 1. The van der Waals surface area contributed by atoms with Gasteiger partial charge in [0.25, 0.3) is 0 Å². The number of carbonyl (C=O) groups excluding carboxylic acids is 1.